The van der Waals surface area contributed by atoms with Crippen molar-refractivity contribution in [1.82, 2.24) is 5.32 Å². The number of amides is 1. The zero-order valence-electron chi connectivity index (χ0n) is 15.2. The summed E-state index contributed by atoms with van der Waals surface area (Å²) in [5.74, 6) is -0.723. The van der Waals surface area contributed by atoms with Crippen molar-refractivity contribution in [1.29, 1.82) is 0 Å². The third kappa shape index (κ3) is 6.48. The lowest BCUT2D eigenvalue weighted by molar-refractivity contribution is -0.921. The fourth-order valence-electron chi connectivity index (χ4n) is 2.86. The summed E-state index contributed by atoms with van der Waals surface area (Å²) >= 11 is 0. The summed E-state index contributed by atoms with van der Waals surface area (Å²) in [6, 6.07) is 7.55. The number of hydrogen-bond acceptors (Lipinski definition) is 4. The number of hydrogen-bond donors (Lipinski definition) is 2. The van der Waals surface area contributed by atoms with Crippen molar-refractivity contribution >= 4 is 11.9 Å². The highest BCUT2D eigenvalue weighted by atomic mass is 16.5. The van der Waals surface area contributed by atoms with Crippen LogP contribution in [0.5, 0.6) is 0 Å². The predicted octanol–water partition coefficient (Wildman–Crippen LogP) is 0.563. The Morgan fingerprint density at radius 2 is 1.80 bits per heavy atom. The first kappa shape index (κ1) is 19.4. The number of esters is 1. The Labute approximate surface area is 149 Å². The molecule has 1 amide bonds. The standard InChI is InChI=1S/C19H28N2O4/c1-3-17(4-2)20-18(22)14-25-19(23)16-7-5-15(6-8-16)13-21-9-11-24-12-10-21/h5-8,17H,3-4,9-14H2,1-2H3,(H,20,22)/p+1. The molecule has 0 spiro atoms. The van der Waals surface area contributed by atoms with Gasteiger partial charge in [-0.25, -0.2) is 4.79 Å². The average Bonchev–Trinajstić information content (AvgIpc) is 2.65. The molecular weight excluding hydrogens is 320 g/mol. The Balaban J connectivity index is 1.78. The topological polar surface area (TPSA) is 69.1 Å². The molecule has 25 heavy (non-hydrogen) atoms. The van der Waals surface area contributed by atoms with E-state index in [0.717, 1.165) is 45.7 Å². The average molecular weight is 349 g/mol. The second kappa shape index (κ2) is 10.2. The lowest BCUT2D eigenvalue weighted by Gasteiger charge is -2.23. The molecule has 1 saturated heterocycles. The fraction of sp³-hybridized carbons (Fsp3) is 0.579. The molecule has 0 atom stereocenters. The van der Waals surface area contributed by atoms with Crippen LogP contribution < -0.4 is 10.2 Å². The van der Waals surface area contributed by atoms with Gasteiger partial charge >= 0.3 is 5.97 Å². The summed E-state index contributed by atoms with van der Waals surface area (Å²) in [5.41, 5.74) is 1.65. The van der Waals surface area contributed by atoms with Crippen LogP contribution in [0.3, 0.4) is 0 Å². The number of benzene rings is 1. The molecule has 0 aromatic heterocycles. The number of quaternary nitrogens is 1. The van der Waals surface area contributed by atoms with Gasteiger partial charge in [-0.15, -0.1) is 0 Å². The van der Waals surface area contributed by atoms with Crippen molar-refractivity contribution in [2.75, 3.05) is 32.9 Å². The molecule has 6 nitrogen and oxygen atoms in total. The molecule has 1 aliphatic heterocycles. The van der Waals surface area contributed by atoms with Crippen molar-refractivity contribution in [3.05, 3.63) is 35.4 Å². The maximum absolute atomic E-state index is 12.1. The van der Waals surface area contributed by atoms with Gasteiger partial charge in [0.15, 0.2) is 6.61 Å². The third-order valence-electron chi connectivity index (χ3n) is 4.53. The number of carbonyl (C=O) groups excluding carboxylic acids is 2. The Kier molecular flexibility index (Phi) is 7.88. The van der Waals surface area contributed by atoms with Gasteiger partial charge in [-0.05, 0) is 25.0 Å². The van der Waals surface area contributed by atoms with Crippen LogP contribution in [-0.2, 0) is 20.8 Å². The summed E-state index contributed by atoms with van der Waals surface area (Å²) in [4.78, 5) is 25.3. The first-order chi connectivity index (χ1) is 12.1. The monoisotopic (exact) mass is 349 g/mol. The molecule has 2 N–H and O–H groups in total. The molecule has 0 radical (unpaired) electrons. The zero-order chi connectivity index (χ0) is 18.1. The van der Waals surface area contributed by atoms with Crippen LogP contribution in [0.15, 0.2) is 24.3 Å². The summed E-state index contributed by atoms with van der Waals surface area (Å²) in [6.45, 7) is 8.34. The molecule has 2 rings (SSSR count). The molecule has 1 heterocycles. The van der Waals surface area contributed by atoms with Gasteiger partial charge < -0.3 is 19.7 Å². The van der Waals surface area contributed by atoms with Crippen molar-refractivity contribution in [2.24, 2.45) is 0 Å². The summed E-state index contributed by atoms with van der Waals surface area (Å²) < 4.78 is 10.5. The van der Waals surface area contributed by atoms with E-state index in [4.69, 9.17) is 9.47 Å². The van der Waals surface area contributed by atoms with Crippen LogP contribution in [0, 0.1) is 0 Å². The molecule has 0 bridgehead atoms. The van der Waals surface area contributed by atoms with Crippen molar-refractivity contribution in [3.8, 4) is 0 Å². The lowest BCUT2D eigenvalue weighted by Crippen LogP contribution is -3.12. The van der Waals surface area contributed by atoms with Crippen LogP contribution in [0.25, 0.3) is 0 Å². The first-order valence-electron chi connectivity index (χ1n) is 9.09. The van der Waals surface area contributed by atoms with Crippen molar-refractivity contribution in [2.45, 2.75) is 39.3 Å². The molecule has 1 aromatic rings. The highest BCUT2D eigenvalue weighted by Crippen LogP contribution is 2.06. The largest absolute Gasteiger partial charge is 0.452 e. The highest BCUT2D eigenvalue weighted by molar-refractivity contribution is 5.91. The van der Waals surface area contributed by atoms with E-state index in [9.17, 15) is 9.59 Å². The van der Waals surface area contributed by atoms with Gasteiger partial charge in [-0.2, -0.15) is 0 Å². The number of carbonyl (C=O) groups is 2. The molecule has 1 aromatic carbocycles. The molecule has 0 unspecified atom stereocenters. The van der Waals surface area contributed by atoms with Crippen molar-refractivity contribution < 1.29 is 24.0 Å². The zero-order valence-corrected chi connectivity index (χ0v) is 15.2. The minimum atomic E-state index is -0.468. The molecule has 0 aliphatic carbocycles. The molecule has 138 valence electrons. The summed E-state index contributed by atoms with van der Waals surface area (Å²) in [6.07, 6.45) is 1.73. The predicted molar refractivity (Wildman–Crippen MR) is 94.5 cm³/mol. The van der Waals surface area contributed by atoms with Crippen LogP contribution in [-0.4, -0.2) is 50.8 Å². The van der Waals surface area contributed by atoms with E-state index in [1.54, 1.807) is 12.1 Å². The quantitative estimate of drug-likeness (QED) is 0.673. The Hall–Kier alpha value is -1.92. The Morgan fingerprint density at radius 1 is 1.16 bits per heavy atom. The highest BCUT2D eigenvalue weighted by Gasteiger charge is 2.15. The van der Waals surface area contributed by atoms with Gasteiger partial charge in [-0.1, -0.05) is 26.0 Å². The van der Waals surface area contributed by atoms with Gasteiger partial charge in [0.2, 0.25) is 0 Å². The van der Waals surface area contributed by atoms with E-state index in [2.05, 4.69) is 5.32 Å². The maximum atomic E-state index is 12.1. The number of morpholine rings is 1. The maximum Gasteiger partial charge on any atom is 0.338 e. The second-order valence-electron chi connectivity index (χ2n) is 6.39. The lowest BCUT2D eigenvalue weighted by atomic mass is 10.1. The van der Waals surface area contributed by atoms with E-state index in [1.165, 1.54) is 10.5 Å². The van der Waals surface area contributed by atoms with Gasteiger partial charge in [-0.3, -0.25) is 4.79 Å². The SMILES string of the molecule is CCC(CC)NC(=O)COC(=O)c1ccc(C[NH+]2CCOCC2)cc1. The van der Waals surface area contributed by atoms with Gasteiger partial charge in [0.25, 0.3) is 5.91 Å². The summed E-state index contributed by atoms with van der Waals surface area (Å²) in [5, 5.41) is 2.85. The van der Waals surface area contributed by atoms with Gasteiger partial charge in [0, 0.05) is 11.6 Å². The van der Waals surface area contributed by atoms with Crippen LogP contribution in [0.2, 0.25) is 0 Å². The second-order valence-corrected chi connectivity index (χ2v) is 6.39. The van der Waals surface area contributed by atoms with Crippen molar-refractivity contribution in [3.63, 3.8) is 0 Å². The smallest absolute Gasteiger partial charge is 0.338 e. The van der Waals surface area contributed by atoms with Gasteiger partial charge in [0.1, 0.15) is 19.6 Å². The Bertz CT molecular complexity index is 549. The van der Waals surface area contributed by atoms with Crippen LogP contribution in [0.4, 0.5) is 0 Å². The minimum Gasteiger partial charge on any atom is -0.452 e. The van der Waals surface area contributed by atoms with E-state index >= 15 is 0 Å². The van der Waals surface area contributed by atoms with Crippen LogP contribution >= 0.6 is 0 Å². The number of ether oxygens (including phenoxy) is 2. The van der Waals surface area contributed by atoms with Crippen LogP contribution in [0.1, 0.15) is 42.6 Å². The normalized spacial score (nSPS) is 15.2. The first-order valence-corrected chi connectivity index (χ1v) is 9.09. The van der Waals surface area contributed by atoms with E-state index in [0.29, 0.717) is 5.56 Å². The molecule has 1 fully saturated rings. The Morgan fingerprint density at radius 3 is 2.40 bits per heavy atom. The fourth-order valence-corrected chi connectivity index (χ4v) is 2.86. The number of rotatable bonds is 8. The third-order valence-corrected chi connectivity index (χ3v) is 4.53. The molecule has 6 heteroatoms. The van der Waals surface area contributed by atoms with E-state index in [1.807, 2.05) is 26.0 Å². The minimum absolute atomic E-state index is 0.133. The molecule has 0 saturated carbocycles. The number of nitrogens with one attached hydrogen (secondary N) is 2. The summed E-state index contributed by atoms with van der Waals surface area (Å²) in [7, 11) is 0. The van der Waals surface area contributed by atoms with E-state index < -0.39 is 5.97 Å². The van der Waals surface area contributed by atoms with E-state index in [-0.39, 0.29) is 18.6 Å². The molecule has 1 aliphatic rings. The molecular formula is C19H29N2O4+. The van der Waals surface area contributed by atoms with Gasteiger partial charge in [0.05, 0.1) is 18.8 Å².